The van der Waals surface area contributed by atoms with Crippen molar-refractivity contribution in [3.8, 4) is 0 Å². The number of benzene rings is 2. The Balaban J connectivity index is 2.30. The van der Waals surface area contributed by atoms with Crippen molar-refractivity contribution in [3.63, 3.8) is 0 Å². The molecule has 2 aromatic rings. The van der Waals surface area contributed by atoms with Gasteiger partial charge in [-0.3, -0.25) is 14.9 Å². The summed E-state index contributed by atoms with van der Waals surface area (Å²) in [6.45, 7) is 3.55. The lowest BCUT2D eigenvalue weighted by molar-refractivity contribution is -0.385. The molecular formula is C15H13BrN2O3. The number of nitro benzene ring substituents is 1. The Morgan fingerprint density at radius 2 is 1.90 bits per heavy atom. The highest BCUT2D eigenvalue weighted by Crippen LogP contribution is 2.25. The van der Waals surface area contributed by atoms with E-state index in [1.165, 1.54) is 6.07 Å². The SMILES string of the molecule is Cc1ccc(Br)c(NC(=O)c2ccc(C)c([N+](=O)[O-])c2)c1. The van der Waals surface area contributed by atoms with Crippen LogP contribution in [0.15, 0.2) is 40.9 Å². The number of aryl methyl sites for hydroxylation is 2. The molecular weight excluding hydrogens is 336 g/mol. The van der Waals surface area contributed by atoms with Crippen LogP contribution in [0.5, 0.6) is 0 Å². The average molecular weight is 349 g/mol. The molecule has 0 fully saturated rings. The summed E-state index contributed by atoms with van der Waals surface area (Å²) >= 11 is 3.36. The van der Waals surface area contributed by atoms with E-state index in [2.05, 4.69) is 21.2 Å². The normalized spacial score (nSPS) is 10.2. The lowest BCUT2D eigenvalue weighted by Crippen LogP contribution is -2.13. The predicted octanol–water partition coefficient (Wildman–Crippen LogP) is 4.23. The van der Waals surface area contributed by atoms with Crippen LogP contribution in [0.1, 0.15) is 21.5 Å². The molecule has 0 atom stereocenters. The van der Waals surface area contributed by atoms with Gasteiger partial charge in [0.25, 0.3) is 11.6 Å². The fourth-order valence-corrected chi connectivity index (χ4v) is 2.22. The number of amides is 1. The second kappa shape index (κ2) is 6.05. The summed E-state index contributed by atoms with van der Waals surface area (Å²) in [6, 6.07) is 10.00. The van der Waals surface area contributed by atoms with E-state index in [-0.39, 0.29) is 17.2 Å². The van der Waals surface area contributed by atoms with Crippen LogP contribution in [0.2, 0.25) is 0 Å². The van der Waals surface area contributed by atoms with Gasteiger partial charge < -0.3 is 5.32 Å². The van der Waals surface area contributed by atoms with Crippen molar-refractivity contribution < 1.29 is 9.72 Å². The quantitative estimate of drug-likeness (QED) is 0.666. The van der Waals surface area contributed by atoms with Crippen molar-refractivity contribution in [2.45, 2.75) is 13.8 Å². The van der Waals surface area contributed by atoms with Crippen molar-refractivity contribution >= 4 is 33.2 Å². The first-order valence-electron chi connectivity index (χ1n) is 6.21. The summed E-state index contributed by atoms with van der Waals surface area (Å²) in [6.07, 6.45) is 0. The third-order valence-corrected chi connectivity index (χ3v) is 3.73. The van der Waals surface area contributed by atoms with Gasteiger partial charge in [0.15, 0.2) is 0 Å². The number of anilines is 1. The van der Waals surface area contributed by atoms with E-state index in [0.29, 0.717) is 11.3 Å². The minimum absolute atomic E-state index is 0.0639. The monoisotopic (exact) mass is 348 g/mol. The maximum absolute atomic E-state index is 12.2. The largest absolute Gasteiger partial charge is 0.321 e. The molecule has 108 valence electrons. The molecule has 1 N–H and O–H groups in total. The van der Waals surface area contributed by atoms with Crippen LogP contribution in [0.25, 0.3) is 0 Å². The van der Waals surface area contributed by atoms with E-state index < -0.39 is 4.92 Å². The molecule has 0 unspecified atom stereocenters. The van der Waals surface area contributed by atoms with E-state index >= 15 is 0 Å². The molecule has 2 aromatic carbocycles. The minimum Gasteiger partial charge on any atom is -0.321 e. The van der Waals surface area contributed by atoms with Gasteiger partial charge in [-0.2, -0.15) is 0 Å². The van der Waals surface area contributed by atoms with E-state index in [1.807, 2.05) is 25.1 Å². The number of hydrogen-bond acceptors (Lipinski definition) is 3. The molecule has 6 heteroatoms. The number of carbonyl (C=O) groups excluding carboxylic acids is 1. The number of nitro groups is 1. The average Bonchev–Trinajstić information content (AvgIpc) is 2.43. The van der Waals surface area contributed by atoms with E-state index in [0.717, 1.165) is 10.0 Å². The van der Waals surface area contributed by atoms with Crippen LogP contribution in [-0.2, 0) is 0 Å². The van der Waals surface area contributed by atoms with Gasteiger partial charge in [0.1, 0.15) is 0 Å². The van der Waals surface area contributed by atoms with Crippen LogP contribution in [0.3, 0.4) is 0 Å². The number of halogens is 1. The number of nitrogens with one attached hydrogen (secondary N) is 1. The molecule has 0 saturated heterocycles. The predicted molar refractivity (Wildman–Crippen MR) is 84.7 cm³/mol. The van der Waals surface area contributed by atoms with Crippen molar-refractivity contribution in [1.29, 1.82) is 0 Å². The second-order valence-electron chi connectivity index (χ2n) is 4.70. The first-order chi connectivity index (χ1) is 9.88. The Hall–Kier alpha value is -2.21. The highest BCUT2D eigenvalue weighted by atomic mass is 79.9. The molecule has 0 saturated carbocycles. The lowest BCUT2D eigenvalue weighted by atomic mass is 10.1. The third-order valence-electron chi connectivity index (χ3n) is 3.04. The zero-order chi connectivity index (χ0) is 15.6. The van der Waals surface area contributed by atoms with Gasteiger partial charge in [-0.1, -0.05) is 12.1 Å². The summed E-state index contributed by atoms with van der Waals surface area (Å²) in [5.74, 6) is -0.385. The Morgan fingerprint density at radius 3 is 2.57 bits per heavy atom. The van der Waals surface area contributed by atoms with Gasteiger partial charge in [0.05, 0.1) is 10.6 Å². The molecule has 0 heterocycles. The third kappa shape index (κ3) is 3.46. The highest BCUT2D eigenvalue weighted by molar-refractivity contribution is 9.10. The summed E-state index contributed by atoms with van der Waals surface area (Å²) in [5, 5.41) is 13.7. The minimum atomic E-state index is -0.491. The fourth-order valence-electron chi connectivity index (χ4n) is 1.88. The number of hydrogen-bond donors (Lipinski definition) is 1. The molecule has 1 amide bonds. The van der Waals surface area contributed by atoms with E-state index in [9.17, 15) is 14.9 Å². The van der Waals surface area contributed by atoms with Crippen LogP contribution in [0, 0.1) is 24.0 Å². The zero-order valence-electron chi connectivity index (χ0n) is 11.5. The van der Waals surface area contributed by atoms with Crippen molar-refractivity contribution in [1.82, 2.24) is 0 Å². The smallest absolute Gasteiger partial charge is 0.273 e. The van der Waals surface area contributed by atoms with Crippen LogP contribution < -0.4 is 5.32 Å². The maximum atomic E-state index is 12.2. The number of nitrogens with zero attached hydrogens (tertiary/aromatic N) is 1. The Bertz CT molecular complexity index is 729. The zero-order valence-corrected chi connectivity index (χ0v) is 13.1. The Kier molecular flexibility index (Phi) is 4.37. The number of rotatable bonds is 3. The fraction of sp³-hybridized carbons (Fsp3) is 0.133. The summed E-state index contributed by atoms with van der Waals surface area (Å²) in [5.41, 5.74) is 2.34. The Labute approximate surface area is 130 Å². The highest BCUT2D eigenvalue weighted by Gasteiger charge is 2.15. The summed E-state index contributed by atoms with van der Waals surface area (Å²) in [4.78, 5) is 22.6. The lowest BCUT2D eigenvalue weighted by Gasteiger charge is -2.09. The van der Waals surface area contributed by atoms with Gasteiger partial charge in [-0.05, 0) is 53.5 Å². The van der Waals surface area contributed by atoms with Crippen LogP contribution in [0.4, 0.5) is 11.4 Å². The van der Waals surface area contributed by atoms with Crippen molar-refractivity contribution in [2.24, 2.45) is 0 Å². The summed E-state index contributed by atoms with van der Waals surface area (Å²) in [7, 11) is 0. The molecule has 21 heavy (non-hydrogen) atoms. The molecule has 0 aliphatic heterocycles. The summed E-state index contributed by atoms with van der Waals surface area (Å²) < 4.78 is 0.753. The number of carbonyl (C=O) groups is 1. The van der Waals surface area contributed by atoms with Gasteiger partial charge in [-0.25, -0.2) is 0 Å². The molecule has 0 bridgehead atoms. The van der Waals surface area contributed by atoms with Gasteiger partial charge >= 0.3 is 0 Å². The molecule has 0 aliphatic rings. The van der Waals surface area contributed by atoms with E-state index in [4.69, 9.17) is 0 Å². The van der Waals surface area contributed by atoms with Crippen molar-refractivity contribution in [2.75, 3.05) is 5.32 Å². The van der Waals surface area contributed by atoms with Crippen LogP contribution >= 0.6 is 15.9 Å². The maximum Gasteiger partial charge on any atom is 0.273 e. The molecule has 0 radical (unpaired) electrons. The van der Waals surface area contributed by atoms with Gasteiger partial charge in [0, 0.05) is 21.7 Å². The van der Waals surface area contributed by atoms with E-state index in [1.54, 1.807) is 19.1 Å². The molecule has 5 nitrogen and oxygen atoms in total. The van der Waals surface area contributed by atoms with Gasteiger partial charge in [-0.15, -0.1) is 0 Å². The van der Waals surface area contributed by atoms with Crippen LogP contribution in [-0.4, -0.2) is 10.8 Å². The first kappa shape index (κ1) is 15.2. The molecule has 0 aromatic heterocycles. The topological polar surface area (TPSA) is 72.2 Å². The molecule has 0 aliphatic carbocycles. The molecule has 0 spiro atoms. The first-order valence-corrected chi connectivity index (χ1v) is 7.00. The Morgan fingerprint density at radius 1 is 1.19 bits per heavy atom. The standard InChI is InChI=1S/C15H13BrN2O3/c1-9-3-6-12(16)13(7-9)17-15(19)11-5-4-10(2)14(8-11)18(20)21/h3-8H,1-2H3,(H,17,19). The van der Waals surface area contributed by atoms with Crippen molar-refractivity contribution in [3.05, 3.63) is 67.7 Å². The molecule has 2 rings (SSSR count). The second-order valence-corrected chi connectivity index (χ2v) is 5.55. The van der Waals surface area contributed by atoms with Gasteiger partial charge in [0.2, 0.25) is 0 Å².